The van der Waals surface area contributed by atoms with Crippen molar-refractivity contribution in [1.82, 2.24) is 0 Å². The molecule has 4 nitrogen and oxygen atoms in total. The van der Waals surface area contributed by atoms with E-state index in [1.54, 1.807) is 6.07 Å². The van der Waals surface area contributed by atoms with Crippen molar-refractivity contribution < 1.29 is 14.6 Å². The van der Waals surface area contributed by atoms with Crippen LogP contribution < -0.4 is 10.1 Å². The van der Waals surface area contributed by atoms with E-state index in [0.717, 1.165) is 25.7 Å². The maximum Gasteiger partial charge on any atom is 0.221 e. The minimum Gasteiger partial charge on any atom is -0.488 e. The number of amides is 1. The number of nitrogens with one attached hydrogen (secondary N) is 1. The second kappa shape index (κ2) is 5.87. The predicted molar refractivity (Wildman–Crippen MR) is 69.6 cm³/mol. The van der Waals surface area contributed by atoms with E-state index in [-0.39, 0.29) is 18.1 Å². The third kappa shape index (κ3) is 3.47. The molecule has 1 aliphatic carbocycles. The van der Waals surface area contributed by atoms with Gasteiger partial charge in [-0.1, -0.05) is 12.5 Å². The van der Waals surface area contributed by atoms with Crippen LogP contribution in [0.2, 0.25) is 0 Å². The maximum atomic E-state index is 11.0. The van der Waals surface area contributed by atoms with Gasteiger partial charge < -0.3 is 15.2 Å². The lowest BCUT2D eigenvalue weighted by molar-refractivity contribution is -0.114. The standard InChI is InChI=1S/C14H19NO3/c1-10(16)15-11-5-4-6-12(9-11)18-14-8-3-2-7-13(14)17/h4-6,9,13-14,17H,2-3,7-8H2,1H3,(H,15,16)/t13-,14-/m0/s1. The molecular formula is C14H19NO3. The summed E-state index contributed by atoms with van der Waals surface area (Å²) in [5.74, 6) is 0.581. The molecule has 0 saturated heterocycles. The molecule has 0 aliphatic heterocycles. The smallest absolute Gasteiger partial charge is 0.221 e. The summed E-state index contributed by atoms with van der Waals surface area (Å²) in [6.07, 6.45) is 3.32. The molecule has 0 bridgehead atoms. The Bertz CT molecular complexity index is 419. The molecule has 1 aliphatic rings. The summed E-state index contributed by atoms with van der Waals surface area (Å²) in [6, 6.07) is 7.26. The molecule has 2 atom stereocenters. The Morgan fingerprint density at radius 1 is 1.39 bits per heavy atom. The van der Waals surface area contributed by atoms with Crippen LogP contribution in [0, 0.1) is 0 Å². The van der Waals surface area contributed by atoms with Crippen LogP contribution in [0.3, 0.4) is 0 Å². The molecule has 0 unspecified atom stereocenters. The lowest BCUT2D eigenvalue weighted by atomic mass is 9.95. The fourth-order valence-electron chi connectivity index (χ4n) is 2.24. The van der Waals surface area contributed by atoms with Crippen molar-refractivity contribution >= 4 is 11.6 Å². The predicted octanol–water partition coefficient (Wildman–Crippen LogP) is 2.33. The van der Waals surface area contributed by atoms with E-state index in [4.69, 9.17) is 4.74 Å². The highest BCUT2D eigenvalue weighted by Crippen LogP contribution is 2.25. The Morgan fingerprint density at radius 2 is 2.17 bits per heavy atom. The van der Waals surface area contributed by atoms with Crippen molar-refractivity contribution in [1.29, 1.82) is 0 Å². The van der Waals surface area contributed by atoms with Crippen molar-refractivity contribution in [3.05, 3.63) is 24.3 Å². The van der Waals surface area contributed by atoms with E-state index in [0.29, 0.717) is 11.4 Å². The average Bonchev–Trinajstić information content (AvgIpc) is 2.32. The first-order valence-corrected chi connectivity index (χ1v) is 6.37. The summed E-state index contributed by atoms with van der Waals surface area (Å²) >= 11 is 0. The number of anilines is 1. The van der Waals surface area contributed by atoms with Crippen LogP contribution in [0.4, 0.5) is 5.69 Å². The number of carbonyl (C=O) groups excluding carboxylic acids is 1. The van der Waals surface area contributed by atoms with Gasteiger partial charge in [0.2, 0.25) is 5.91 Å². The highest BCUT2D eigenvalue weighted by Gasteiger charge is 2.24. The van der Waals surface area contributed by atoms with Gasteiger partial charge in [0.25, 0.3) is 0 Å². The Morgan fingerprint density at radius 3 is 2.89 bits per heavy atom. The first kappa shape index (κ1) is 12.9. The summed E-state index contributed by atoms with van der Waals surface area (Å²) in [7, 11) is 0. The molecule has 98 valence electrons. The van der Waals surface area contributed by atoms with Crippen molar-refractivity contribution in [2.45, 2.75) is 44.8 Å². The molecule has 1 aromatic carbocycles. The van der Waals surface area contributed by atoms with E-state index in [1.165, 1.54) is 6.92 Å². The zero-order valence-electron chi connectivity index (χ0n) is 10.6. The van der Waals surface area contributed by atoms with Gasteiger partial charge in [-0.05, 0) is 31.4 Å². The third-order valence-corrected chi connectivity index (χ3v) is 3.11. The Balaban J connectivity index is 2.02. The van der Waals surface area contributed by atoms with Crippen molar-refractivity contribution in [3.63, 3.8) is 0 Å². The fraction of sp³-hybridized carbons (Fsp3) is 0.500. The summed E-state index contributed by atoms with van der Waals surface area (Å²) < 4.78 is 5.79. The molecule has 0 radical (unpaired) electrons. The zero-order chi connectivity index (χ0) is 13.0. The SMILES string of the molecule is CC(=O)Nc1cccc(O[C@H]2CCCC[C@@H]2O)c1. The minimum atomic E-state index is -0.386. The number of rotatable bonds is 3. The van der Waals surface area contributed by atoms with E-state index in [9.17, 15) is 9.90 Å². The quantitative estimate of drug-likeness (QED) is 0.864. The molecule has 0 spiro atoms. The first-order chi connectivity index (χ1) is 8.65. The Labute approximate surface area is 107 Å². The summed E-state index contributed by atoms with van der Waals surface area (Å²) in [5, 5.41) is 12.6. The summed E-state index contributed by atoms with van der Waals surface area (Å²) in [6.45, 7) is 1.47. The minimum absolute atomic E-state index is 0.107. The van der Waals surface area contributed by atoms with Crippen LogP contribution in [-0.2, 0) is 4.79 Å². The third-order valence-electron chi connectivity index (χ3n) is 3.11. The molecule has 0 aromatic heterocycles. The fourth-order valence-corrected chi connectivity index (χ4v) is 2.24. The molecule has 1 fully saturated rings. The van der Waals surface area contributed by atoms with Crippen LogP contribution >= 0.6 is 0 Å². The van der Waals surface area contributed by atoms with Gasteiger partial charge in [-0.25, -0.2) is 0 Å². The summed E-state index contributed by atoms with van der Waals surface area (Å²) in [5.41, 5.74) is 0.713. The van der Waals surface area contributed by atoms with Gasteiger partial charge in [0.1, 0.15) is 11.9 Å². The molecular weight excluding hydrogens is 230 g/mol. The van der Waals surface area contributed by atoms with Crippen LogP contribution in [0.1, 0.15) is 32.6 Å². The Kier molecular flexibility index (Phi) is 4.20. The second-order valence-corrected chi connectivity index (χ2v) is 4.72. The number of aliphatic hydroxyl groups excluding tert-OH is 1. The molecule has 2 N–H and O–H groups in total. The second-order valence-electron chi connectivity index (χ2n) is 4.72. The number of ether oxygens (including phenoxy) is 1. The van der Waals surface area contributed by atoms with E-state index < -0.39 is 0 Å². The Hall–Kier alpha value is -1.55. The molecule has 1 aromatic rings. The normalized spacial score (nSPS) is 23.4. The molecule has 1 saturated carbocycles. The maximum absolute atomic E-state index is 11.0. The monoisotopic (exact) mass is 249 g/mol. The van der Waals surface area contributed by atoms with Gasteiger partial charge in [-0.15, -0.1) is 0 Å². The zero-order valence-corrected chi connectivity index (χ0v) is 10.6. The van der Waals surface area contributed by atoms with Crippen LogP contribution in [0.5, 0.6) is 5.75 Å². The molecule has 4 heteroatoms. The van der Waals surface area contributed by atoms with Gasteiger partial charge >= 0.3 is 0 Å². The average molecular weight is 249 g/mol. The van der Waals surface area contributed by atoms with Crippen molar-refractivity contribution in [3.8, 4) is 5.75 Å². The van der Waals surface area contributed by atoms with Crippen molar-refractivity contribution in [2.24, 2.45) is 0 Å². The first-order valence-electron chi connectivity index (χ1n) is 6.37. The van der Waals surface area contributed by atoms with Crippen LogP contribution in [0.15, 0.2) is 24.3 Å². The van der Waals surface area contributed by atoms with Crippen molar-refractivity contribution in [2.75, 3.05) is 5.32 Å². The highest BCUT2D eigenvalue weighted by atomic mass is 16.5. The number of hydrogen-bond acceptors (Lipinski definition) is 3. The van der Waals surface area contributed by atoms with E-state index in [2.05, 4.69) is 5.32 Å². The van der Waals surface area contributed by atoms with Gasteiger partial charge in [-0.3, -0.25) is 4.79 Å². The van der Waals surface area contributed by atoms with Gasteiger partial charge in [0.15, 0.2) is 0 Å². The number of benzene rings is 1. The van der Waals surface area contributed by atoms with Gasteiger partial charge in [0.05, 0.1) is 6.10 Å². The topological polar surface area (TPSA) is 58.6 Å². The van der Waals surface area contributed by atoms with Gasteiger partial charge in [-0.2, -0.15) is 0 Å². The number of carbonyl (C=O) groups is 1. The number of aliphatic hydroxyl groups is 1. The largest absolute Gasteiger partial charge is 0.488 e. The van der Waals surface area contributed by atoms with E-state index in [1.807, 2.05) is 18.2 Å². The van der Waals surface area contributed by atoms with Crippen LogP contribution in [-0.4, -0.2) is 23.2 Å². The molecule has 0 heterocycles. The highest BCUT2D eigenvalue weighted by molar-refractivity contribution is 5.88. The van der Waals surface area contributed by atoms with Gasteiger partial charge in [0, 0.05) is 18.7 Å². The molecule has 18 heavy (non-hydrogen) atoms. The molecule has 1 amide bonds. The summed E-state index contributed by atoms with van der Waals surface area (Å²) in [4.78, 5) is 11.0. The molecule has 2 rings (SSSR count). The lowest BCUT2D eigenvalue weighted by Gasteiger charge is -2.28. The van der Waals surface area contributed by atoms with Crippen LogP contribution in [0.25, 0.3) is 0 Å². The lowest BCUT2D eigenvalue weighted by Crippen LogP contribution is -2.34. The van der Waals surface area contributed by atoms with E-state index >= 15 is 0 Å². The number of hydrogen-bond donors (Lipinski definition) is 2.